The van der Waals surface area contributed by atoms with E-state index in [1.54, 1.807) is 6.92 Å². The Balaban J connectivity index is 0.844. The number of hydrogen-bond donors (Lipinski definition) is 16. The maximum absolute atomic E-state index is 12.3. The normalized spacial score (nSPS) is 56.7. The van der Waals surface area contributed by atoms with Crippen molar-refractivity contribution in [2.45, 2.75) is 277 Å². The summed E-state index contributed by atoms with van der Waals surface area (Å²) < 4.78 is 67.1. The van der Waals surface area contributed by atoms with E-state index < -0.39 is 190 Å². The lowest BCUT2D eigenvalue weighted by Crippen LogP contribution is -2.66. The third kappa shape index (κ3) is 11.6. The number of ether oxygens (including phenoxy) is 11. The molecule has 0 amide bonds. The molecule has 10 rings (SSSR count). The first kappa shape index (κ1) is 65.6. The second kappa shape index (κ2) is 25.4. The molecule has 6 heterocycles. The van der Waals surface area contributed by atoms with E-state index in [9.17, 15) is 81.7 Å². The van der Waals surface area contributed by atoms with E-state index in [1.165, 1.54) is 13.8 Å². The molecule has 16 N–H and O–H groups in total. The molecule has 0 bridgehead atoms. The molecule has 4 aliphatic carbocycles. The highest BCUT2D eigenvalue weighted by Gasteiger charge is 2.70. The van der Waals surface area contributed by atoms with Crippen LogP contribution in [-0.2, 0) is 52.1 Å². The van der Waals surface area contributed by atoms with E-state index in [2.05, 4.69) is 20.4 Å². The zero-order valence-electron chi connectivity index (χ0n) is 48.5. The van der Waals surface area contributed by atoms with Crippen molar-refractivity contribution in [1.29, 1.82) is 0 Å². The van der Waals surface area contributed by atoms with Gasteiger partial charge in [0.05, 0.1) is 56.4 Å². The molecule has 10 fully saturated rings. The van der Waals surface area contributed by atoms with Gasteiger partial charge in [-0.1, -0.05) is 32.9 Å². The third-order valence-corrected chi connectivity index (χ3v) is 21.9. The Morgan fingerprint density at radius 1 is 0.524 bits per heavy atom. The molecule has 84 heavy (non-hydrogen) atoms. The molecule has 0 aromatic carbocycles. The van der Waals surface area contributed by atoms with Gasteiger partial charge in [-0.3, -0.25) is 0 Å². The van der Waals surface area contributed by atoms with E-state index in [4.69, 9.17) is 52.1 Å². The zero-order valence-corrected chi connectivity index (χ0v) is 48.5. The van der Waals surface area contributed by atoms with Crippen molar-refractivity contribution in [3.63, 3.8) is 0 Å². The van der Waals surface area contributed by atoms with Gasteiger partial charge < -0.3 is 134 Å². The van der Waals surface area contributed by atoms with Crippen LogP contribution in [0, 0.1) is 46.3 Å². The maximum Gasteiger partial charge on any atom is 0.187 e. The average Bonchev–Trinajstić information content (AvgIpc) is 1.55. The summed E-state index contributed by atoms with van der Waals surface area (Å²) in [5.41, 5.74) is -0.328. The third-order valence-electron chi connectivity index (χ3n) is 21.9. The predicted molar refractivity (Wildman–Crippen MR) is 281 cm³/mol. The molecule has 484 valence electrons. The molecule has 0 aromatic rings. The van der Waals surface area contributed by atoms with E-state index in [0.29, 0.717) is 31.3 Å². The Morgan fingerprint density at radius 2 is 1.05 bits per heavy atom. The fourth-order valence-corrected chi connectivity index (χ4v) is 16.9. The molecule has 6 aliphatic heterocycles. The first-order valence-corrected chi connectivity index (χ1v) is 30.2. The van der Waals surface area contributed by atoms with Crippen LogP contribution in [0.1, 0.15) is 99.3 Å². The van der Waals surface area contributed by atoms with Crippen molar-refractivity contribution >= 4 is 0 Å². The van der Waals surface area contributed by atoms with Crippen LogP contribution < -0.4 is 0 Å². The van der Waals surface area contributed by atoms with Gasteiger partial charge in [0.1, 0.15) is 104 Å². The van der Waals surface area contributed by atoms with Crippen molar-refractivity contribution in [3.8, 4) is 0 Å². The molecule has 10 aliphatic rings. The largest absolute Gasteiger partial charge is 0.394 e. The predicted octanol–water partition coefficient (Wildman–Crippen LogP) is -4.16. The van der Waals surface area contributed by atoms with Gasteiger partial charge in [-0.15, -0.1) is 0 Å². The van der Waals surface area contributed by atoms with E-state index in [0.717, 1.165) is 19.3 Å². The van der Waals surface area contributed by atoms with Crippen molar-refractivity contribution < 1.29 is 134 Å². The van der Waals surface area contributed by atoms with Crippen LogP contribution in [-0.4, -0.2) is 279 Å². The molecule has 4 saturated carbocycles. The van der Waals surface area contributed by atoms with Crippen LogP contribution in [0.2, 0.25) is 0 Å². The van der Waals surface area contributed by atoms with Crippen LogP contribution in [0.25, 0.3) is 0 Å². The Bertz CT molecular complexity index is 2220. The Hall–Kier alpha value is -1.34. The van der Waals surface area contributed by atoms with Gasteiger partial charge in [-0.2, -0.15) is 0 Å². The molecule has 0 radical (unpaired) electrons. The van der Waals surface area contributed by atoms with Gasteiger partial charge >= 0.3 is 0 Å². The minimum Gasteiger partial charge on any atom is -0.394 e. The van der Waals surface area contributed by atoms with E-state index >= 15 is 0 Å². The molecule has 0 spiro atoms. The topological polar surface area (TPSA) is 425 Å². The van der Waals surface area contributed by atoms with Crippen LogP contribution in [0.3, 0.4) is 0 Å². The molecule has 27 nitrogen and oxygen atoms in total. The number of aliphatic hydroxyl groups excluding tert-OH is 15. The molecule has 0 aromatic heterocycles. The first-order valence-electron chi connectivity index (χ1n) is 30.2. The smallest absolute Gasteiger partial charge is 0.187 e. The number of aliphatic hydroxyl groups is 16. The molecule has 6 saturated heterocycles. The highest BCUT2D eigenvalue weighted by Crippen LogP contribution is 2.71. The van der Waals surface area contributed by atoms with Crippen molar-refractivity contribution in [2.75, 3.05) is 19.8 Å². The van der Waals surface area contributed by atoms with Crippen molar-refractivity contribution in [3.05, 3.63) is 12.2 Å². The molecule has 37 unspecified atom stereocenters. The van der Waals surface area contributed by atoms with Crippen LogP contribution >= 0.6 is 0 Å². The van der Waals surface area contributed by atoms with Gasteiger partial charge in [0.25, 0.3) is 0 Å². The highest BCUT2D eigenvalue weighted by molar-refractivity contribution is 5.17. The summed E-state index contributed by atoms with van der Waals surface area (Å²) in [5, 5.41) is 173. The second-order valence-corrected chi connectivity index (χ2v) is 26.7. The van der Waals surface area contributed by atoms with Gasteiger partial charge in [-0.25, -0.2) is 0 Å². The van der Waals surface area contributed by atoms with Gasteiger partial charge in [0.15, 0.2) is 37.2 Å². The summed E-state index contributed by atoms with van der Waals surface area (Å²) >= 11 is 0. The van der Waals surface area contributed by atoms with Crippen molar-refractivity contribution in [2.24, 2.45) is 46.3 Å². The van der Waals surface area contributed by atoms with E-state index in [1.807, 2.05) is 6.92 Å². The summed E-state index contributed by atoms with van der Waals surface area (Å²) in [6, 6.07) is 0. The lowest BCUT2D eigenvalue weighted by atomic mass is 9.43. The summed E-state index contributed by atoms with van der Waals surface area (Å²) in [6.45, 7) is 13.7. The molecule has 37 atom stereocenters. The van der Waals surface area contributed by atoms with E-state index in [-0.39, 0.29) is 66.5 Å². The summed E-state index contributed by atoms with van der Waals surface area (Å²) in [4.78, 5) is 0. The lowest BCUT2D eigenvalue weighted by molar-refractivity contribution is -0.372. The summed E-state index contributed by atoms with van der Waals surface area (Å²) in [7, 11) is 0. The maximum atomic E-state index is 12.3. The average molecular weight is 1210 g/mol. The number of fused-ring (bicyclic) bond motifs is 7. The summed E-state index contributed by atoms with van der Waals surface area (Å²) in [6.07, 6.45) is -33.7. The fourth-order valence-electron chi connectivity index (χ4n) is 16.9. The Labute approximate surface area is 487 Å². The standard InChI is InChI=1S/C57H94O27/c1-20(19-74-50-43(68)40(65)37(62)31(17-58)79-50)10-13-57(73)21(2)34-30(84-57)16-29-27-9-8-25-14-26(78-54-47(72)42(67)49(32(18-59)80-54)83-53-45(70)39(64)36(61)23(4)76-53)15-33(56(25,7)28(27)11-12-55(29,34)6)81-51-46(71)41(66)48(24(5)77-51)82-52-44(69)38(63)35(60)22(3)75-52/h21-54,58-73H,1,8-19H2,2-7H3. The SMILES string of the molecule is C=C(CCC1(O)OC2CC3C4CCC5CC(OC6OC(CO)C(OC7OC(C)C(O)C(O)C7O)C(O)C6O)CC(OC6OC(C)C(OC7OC(C)C(O)C(O)C7O)C(O)C6O)C5(C)C4CCC3(C)C2C1C)COC1OC(CO)C(O)C(O)C1O. The summed E-state index contributed by atoms with van der Waals surface area (Å²) in [5.74, 6) is -1.56. The Morgan fingerprint density at radius 3 is 1.67 bits per heavy atom. The lowest BCUT2D eigenvalue weighted by Gasteiger charge is -2.63. The monoisotopic (exact) mass is 1210 g/mol. The minimum atomic E-state index is -1.77. The zero-order chi connectivity index (χ0) is 61.0. The quantitative estimate of drug-likeness (QED) is 0.0515. The van der Waals surface area contributed by atoms with Crippen LogP contribution in [0.15, 0.2) is 12.2 Å². The fraction of sp³-hybridized carbons (Fsp3) is 0.965. The Kier molecular flexibility index (Phi) is 19.8. The van der Waals surface area contributed by atoms with Crippen LogP contribution in [0.5, 0.6) is 0 Å². The molecular formula is C57H94O27. The molecule has 27 heteroatoms. The van der Waals surface area contributed by atoms with Crippen LogP contribution in [0.4, 0.5) is 0 Å². The number of hydrogen-bond acceptors (Lipinski definition) is 27. The second-order valence-electron chi connectivity index (χ2n) is 26.7. The van der Waals surface area contributed by atoms with Gasteiger partial charge in [-0.05, 0) is 106 Å². The number of rotatable bonds is 16. The van der Waals surface area contributed by atoms with Crippen molar-refractivity contribution in [1.82, 2.24) is 0 Å². The minimum absolute atomic E-state index is 0.0114. The van der Waals surface area contributed by atoms with Gasteiger partial charge in [0, 0.05) is 18.8 Å². The van der Waals surface area contributed by atoms with Gasteiger partial charge in [0.2, 0.25) is 0 Å². The highest BCUT2D eigenvalue weighted by atomic mass is 16.8. The first-order chi connectivity index (χ1) is 39.6. The molecular weight excluding hydrogens is 1120 g/mol.